The first-order chi connectivity index (χ1) is 7.09. The maximum Gasteiger partial charge on any atom is 0.147 e. The Hall–Kier alpha value is -1.16. The summed E-state index contributed by atoms with van der Waals surface area (Å²) in [6.07, 6.45) is 5.25. The van der Waals surface area contributed by atoms with Crippen molar-refractivity contribution in [2.45, 2.75) is 38.6 Å². The standard InChI is InChI=1S/C11H18N4/c1-8-6-13-9(2)10(15-8)14-7-11(12)4-3-5-11/h6H,3-5,7,12H2,1-2H3,(H,14,15). The molecule has 0 aromatic carbocycles. The molecule has 0 spiro atoms. The second kappa shape index (κ2) is 3.77. The number of nitrogens with zero attached hydrogens (tertiary/aromatic N) is 2. The Morgan fingerprint density at radius 3 is 2.80 bits per heavy atom. The number of nitrogens with two attached hydrogens (primary N) is 1. The molecule has 1 aliphatic rings. The zero-order chi connectivity index (χ0) is 10.9. The van der Waals surface area contributed by atoms with Crippen LogP contribution in [0.2, 0.25) is 0 Å². The molecule has 4 nitrogen and oxygen atoms in total. The molecule has 0 aliphatic heterocycles. The van der Waals surface area contributed by atoms with Gasteiger partial charge in [-0.2, -0.15) is 0 Å². The lowest BCUT2D eigenvalue weighted by atomic mass is 9.78. The van der Waals surface area contributed by atoms with Gasteiger partial charge in [0, 0.05) is 18.3 Å². The van der Waals surface area contributed by atoms with Gasteiger partial charge in [0.05, 0.1) is 11.4 Å². The van der Waals surface area contributed by atoms with E-state index in [0.29, 0.717) is 0 Å². The first kappa shape index (κ1) is 10.4. The zero-order valence-electron chi connectivity index (χ0n) is 9.38. The van der Waals surface area contributed by atoms with Gasteiger partial charge in [-0.3, -0.25) is 4.98 Å². The molecule has 1 fully saturated rings. The maximum absolute atomic E-state index is 6.13. The Bertz CT molecular complexity index is 358. The summed E-state index contributed by atoms with van der Waals surface area (Å²) in [7, 11) is 0. The van der Waals surface area contributed by atoms with E-state index in [0.717, 1.165) is 36.6 Å². The number of hydrogen-bond donors (Lipinski definition) is 2. The van der Waals surface area contributed by atoms with Crippen LogP contribution in [0.3, 0.4) is 0 Å². The first-order valence-corrected chi connectivity index (χ1v) is 5.42. The van der Waals surface area contributed by atoms with Crippen LogP contribution in [0.25, 0.3) is 0 Å². The van der Waals surface area contributed by atoms with E-state index in [1.807, 2.05) is 13.8 Å². The molecule has 3 N–H and O–H groups in total. The van der Waals surface area contributed by atoms with Gasteiger partial charge in [0.1, 0.15) is 5.82 Å². The molecule has 4 heteroatoms. The summed E-state index contributed by atoms with van der Waals surface area (Å²) in [6.45, 7) is 4.70. The van der Waals surface area contributed by atoms with Gasteiger partial charge in [0.15, 0.2) is 0 Å². The SMILES string of the molecule is Cc1cnc(C)c(NCC2(N)CCC2)n1. The highest BCUT2D eigenvalue weighted by Crippen LogP contribution is 2.29. The third kappa shape index (κ3) is 2.26. The summed E-state index contributed by atoms with van der Waals surface area (Å²) in [5, 5.41) is 3.30. The maximum atomic E-state index is 6.13. The fourth-order valence-electron chi connectivity index (χ4n) is 1.77. The Kier molecular flexibility index (Phi) is 2.61. The van der Waals surface area contributed by atoms with Crippen molar-refractivity contribution in [3.63, 3.8) is 0 Å². The summed E-state index contributed by atoms with van der Waals surface area (Å²) in [6, 6.07) is 0. The number of aromatic nitrogens is 2. The third-order valence-electron chi connectivity index (χ3n) is 3.03. The minimum absolute atomic E-state index is 0.0160. The molecule has 2 rings (SSSR count). The molecule has 0 atom stereocenters. The zero-order valence-corrected chi connectivity index (χ0v) is 9.38. The molecule has 0 radical (unpaired) electrons. The van der Waals surface area contributed by atoms with Crippen molar-refractivity contribution in [2.75, 3.05) is 11.9 Å². The molecular formula is C11H18N4. The van der Waals surface area contributed by atoms with Crippen molar-refractivity contribution in [3.05, 3.63) is 17.6 Å². The van der Waals surface area contributed by atoms with Crippen molar-refractivity contribution >= 4 is 5.82 Å². The van der Waals surface area contributed by atoms with Crippen LogP contribution < -0.4 is 11.1 Å². The Balaban J connectivity index is 2.01. The molecule has 82 valence electrons. The summed E-state index contributed by atoms with van der Waals surface area (Å²) < 4.78 is 0. The molecule has 1 aromatic heterocycles. The smallest absolute Gasteiger partial charge is 0.147 e. The van der Waals surface area contributed by atoms with Crippen LogP contribution in [0.1, 0.15) is 30.7 Å². The topological polar surface area (TPSA) is 63.8 Å². The number of aryl methyl sites for hydroxylation is 2. The number of anilines is 1. The monoisotopic (exact) mass is 206 g/mol. The average molecular weight is 206 g/mol. The largest absolute Gasteiger partial charge is 0.367 e. The lowest BCUT2D eigenvalue weighted by Crippen LogP contribution is -2.52. The van der Waals surface area contributed by atoms with Gasteiger partial charge in [-0.05, 0) is 33.1 Å². The van der Waals surface area contributed by atoms with E-state index in [-0.39, 0.29) is 5.54 Å². The van der Waals surface area contributed by atoms with Gasteiger partial charge in [0.2, 0.25) is 0 Å². The van der Waals surface area contributed by atoms with Crippen molar-refractivity contribution in [1.82, 2.24) is 9.97 Å². The highest BCUT2D eigenvalue weighted by molar-refractivity contribution is 5.40. The van der Waals surface area contributed by atoms with Crippen molar-refractivity contribution in [3.8, 4) is 0 Å². The molecule has 1 aliphatic carbocycles. The molecule has 15 heavy (non-hydrogen) atoms. The number of rotatable bonds is 3. The van der Waals surface area contributed by atoms with E-state index in [4.69, 9.17) is 5.73 Å². The van der Waals surface area contributed by atoms with E-state index in [1.165, 1.54) is 6.42 Å². The summed E-state index contributed by atoms with van der Waals surface area (Å²) in [5.41, 5.74) is 7.98. The van der Waals surface area contributed by atoms with Gasteiger partial charge in [0.25, 0.3) is 0 Å². The van der Waals surface area contributed by atoms with Gasteiger partial charge in [-0.25, -0.2) is 4.98 Å². The van der Waals surface area contributed by atoms with Gasteiger partial charge in [-0.15, -0.1) is 0 Å². The van der Waals surface area contributed by atoms with Crippen LogP contribution in [-0.4, -0.2) is 22.1 Å². The van der Waals surface area contributed by atoms with Gasteiger partial charge >= 0.3 is 0 Å². The van der Waals surface area contributed by atoms with Crippen LogP contribution in [0.15, 0.2) is 6.20 Å². The van der Waals surface area contributed by atoms with E-state index < -0.39 is 0 Å². The Morgan fingerprint density at radius 2 is 2.20 bits per heavy atom. The molecule has 1 aromatic rings. The predicted molar refractivity (Wildman–Crippen MR) is 60.8 cm³/mol. The fraction of sp³-hybridized carbons (Fsp3) is 0.636. The Morgan fingerprint density at radius 1 is 1.47 bits per heavy atom. The van der Waals surface area contributed by atoms with Crippen LogP contribution >= 0.6 is 0 Å². The normalized spacial score (nSPS) is 18.3. The van der Waals surface area contributed by atoms with Crippen LogP contribution in [-0.2, 0) is 0 Å². The second-order valence-corrected chi connectivity index (χ2v) is 4.51. The molecule has 0 amide bonds. The van der Waals surface area contributed by atoms with E-state index in [9.17, 15) is 0 Å². The van der Waals surface area contributed by atoms with E-state index in [2.05, 4.69) is 15.3 Å². The Labute approximate surface area is 90.3 Å². The number of hydrogen-bond acceptors (Lipinski definition) is 4. The highest BCUT2D eigenvalue weighted by atomic mass is 15.0. The van der Waals surface area contributed by atoms with Crippen LogP contribution in [0.4, 0.5) is 5.82 Å². The third-order valence-corrected chi connectivity index (χ3v) is 3.03. The molecular weight excluding hydrogens is 188 g/mol. The summed E-state index contributed by atoms with van der Waals surface area (Å²) in [4.78, 5) is 8.66. The minimum Gasteiger partial charge on any atom is -0.367 e. The van der Waals surface area contributed by atoms with Crippen molar-refractivity contribution in [1.29, 1.82) is 0 Å². The van der Waals surface area contributed by atoms with E-state index >= 15 is 0 Å². The molecule has 0 saturated heterocycles. The van der Waals surface area contributed by atoms with E-state index in [1.54, 1.807) is 6.20 Å². The lowest BCUT2D eigenvalue weighted by molar-refractivity contribution is 0.265. The van der Waals surface area contributed by atoms with Crippen molar-refractivity contribution < 1.29 is 0 Å². The fourth-order valence-corrected chi connectivity index (χ4v) is 1.77. The summed E-state index contributed by atoms with van der Waals surface area (Å²) in [5.74, 6) is 0.867. The predicted octanol–water partition coefficient (Wildman–Crippen LogP) is 1.39. The van der Waals surface area contributed by atoms with Crippen LogP contribution in [0.5, 0.6) is 0 Å². The van der Waals surface area contributed by atoms with Gasteiger partial charge < -0.3 is 11.1 Å². The molecule has 1 heterocycles. The number of nitrogens with one attached hydrogen (secondary N) is 1. The molecule has 0 bridgehead atoms. The van der Waals surface area contributed by atoms with Gasteiger partial charge in [-0.1, -0.05) is 0 Å². The second-order valence-electron chi connectivity index (χ2n) is 4.51. The first-order valence-electron chi connectivity index (χ1n) is 5.42. The molecule has 0 unspecified atom stereocenters. The van der Waals surface area contributed by atoms with Crippen LogP contribution in [0, 0.1) is 13.8 Å². The molecule has 1 saturated carbocycles. The quantitative estimate of drug-likeness (QED) is 0.784. The average Bonchev–Trinajstić information content (AvgIpc) is 2.17. The lowest BCUT2D eigenvalue weighted by Gasteiger charge is -2.38. The summed E-state index contributed by atoms with van der Waals surface area (Å²) >= 11 is 0. The highest BCUT2D eigenvalue weighted by Gasteiger charge is 2.32. The van der Waals surface area contributed by atoms with Crippen molar-refractivity contribution in [2.24, 2.45) is 5.73 Å². The minimum atomic E-state index is -0.0160.